The topological polar surface area (TPSA) is 53.0 Å². The van der Waals surface area contributed by atoms with Crippen molar-refractivity contribution in [3.63, 3.8) is 0 Å². The number of pyridine rings is 1. The van der Waals surface area contributed by atoms with Crippen LogP contribution < -0.4 is 5.11 Å². The van der Waals surface area contributed by atoms with Crippen molar-refractivity contribution in [2.24, 2.45) is 0 Å². The van der Waals surface area contributed by atoms with Crippen molar-refractivity contribution >= 4 is 28.5 Å². The SMILES string of the molecule is O=C([O-])c1c2c(nc3ccccc13)/C(=C/c1c(F)cccc1F)CCC2. The highest BCUT2D eigenvalue weighted by Crippen LogP contribution is 2.36. The average molecular weight is 350 g/mol. The van der Waals surface area contributed by atoms with Crippen molar-refractivity contribution < 1.29 is 18.7 Å². The van der Waals surface area contributed by atoms with E-state index in [1.165, 1.54) is 24.3 Å². The van der Waals surface area contributed by atoms with Gasteiger partial charge in [0, 0.05) is 16.5 Å². The molecule has 3 nitrogen and oxygen atoms in total. The lowest BCUT2D eigenvalue weighted by molar-refractivity contribution is -0.254. The molecule has 4 rings (SSSR count). The second kappa shape index (κ2) is 6.33. The summed E-state index contributed by atoms with van der Waals surface area (Å²) in [4.78, 5) is 16.4. The number of para-hydroxylation sites is 1. The van der Waals surface area contributed by atoms with E-state index in [1.54, 1.807) is 24.3 Å². The molecule has 0 unspecified atom stereocenters. The number of benzene rings is 2. The third-order valence-electron chi connectivity index (χ3n) is 4.69. The molecule has 1 aliphatic rings. The van der Waals surface area contributed by atoms with Crippen LogP contribution in [0.15, 0.2) is 42.5 Å². The molecule has 1 heterocycles. The van der Waals surface area contributed by atoms with Gasteiger partial charge in [-0.3, -0.25) is 0 Å². The van der Waals surface area contributed by atoms with Crippen LogP contribution in [0.4, 0.5) is 8.78 Å². The van der Waals surface area contributed by atoms with E-state index in [9.17, 15) is 18.7 Å². The van der Waals surface area contributed by atoms with Crippen LogP contribution in [-0.4, -0.2) is 11.0 Å². The number of carboxylic acids is 1. The van der Waals surface area contributed by atoms with Crippen LogP contribution in [-0.2, 0) is 6.42 Å². The normalized spacial score (nSPS) is 15.2. The number of hydrogen-bond donors (Lipinski definition) is 0. The Bertz CT molecular complexity index is 1050. The predicted octanol–water partition coefficient (Wildman–Crippen LogP) is 3.75. The molecular formula is C21H14F2NO2-. The van der Waals surface area contributed by atoms with Gasteiger partial charge in [0.05, 0.1) is 17.2 Å². The molecule has 0 saturated carbocycles. The van der Waals surface area contributed by atoms with Gasteiger partial charge in [-0.25, -0.2) is 13.8 Å². The summed E-state index contributed by atoms with van der Waals surface area (Å²) < 4.78 is 28.1. The maximum atomic E-state index is 14.0. The number of allylic oxidation sites excluding steroid dienone is 1. The van der Waals surface area contributed by atoms with E-state index in [2.05, 4.69) is 4.98 Å². The Hall–Kier alpha value is -3.08. The van der Waals surface area contributed by atoms with Gasteiger partial charge < -0.3 is 9.90 Å². The van der Waals surface area contributed by atoms with Crippen LogP contribution in [0.25, 0.3) is 22.6 Å². The standard InChI is InChI=1S/C21H15F2NO2/c22-16-8-4-9-17(23)15(16)11-12-5-3-7-14-19(21(25)26)13-6-1-2-10-18(13)24-20(12)14/h1-2,4,6,8-11H,3,5,7H2,(H,25,26)/p-1/b12-11+. The van der Waals surface area contributed by atoms with E-state index in [-0.39, 0.29) is 11.1 Å². The molecule has 0 fully saturated rings. The third-order valence-corrected chi connectivity index (χ3v) is 4.69. The minimum Gasteiger partial charge on any atom is -0.545 e. The maximum absolute atomic E-state index is 14.0. The summed E-state index contributed by atoms with van der Waals surface area (Å²) in [6, 6.07) is 10.6. The van der Waals surface area contributed by atoms with Crippen molar-refractivity contribution in [3.05, 3.63) is 76.5 Å². The van der Waals surface area contributed by atoms with Gasteiger partial charge in [0.2, 0.25) is 0 Å². The number of carboxylic acid groups (broad SMARTS) is 1. The zero-order valence-electron chi connectivity index (χ0n) is 13.8. The molecule has 5 heteroatoms. The number of nitrogens with zero attached hydrogens (tertiary/aromatic N) is 1. The van der Waals surface area contributed by atoms with Gasteiger partial charge in [-0.05, 0) is 54.7 Å². The highest BCUT2D eigenvalue weighted by Gasteiger charge is 2.22. The van der Waals surface area contributed by atoms with Gasteiger partial charge in [0.25, 0.3) is 0 Å². The van der Waals surface area contributed by atoms with Crippen LogP contribution in [0.5, 0.6) is 0 Å². The van der Waals surface area contributed by atoms with E-state index >= 15 is 0 Å². The molecule has 0 bridgehead atoms. The molecule has 0 N–H and O–H groups in total. The summed E-state index contributed by atoms with van der Waals surface area (Å²) in [5, 5.41) is 12.3. The van der Waals surface area contributed by atoms with Crippen molar-refractivity contribution in [2.75, 3.05) is 0 Å². The lowest BCUT2D eigenvalue weighted by Gasteiger charge is -2.23. The summed E-state index contributed by atoms with van der Waals surface area (Å²) in [7, 11) is 0. The fourth-order valence-corrected chi connectivity index (χ4v) is 3.53. The van der Waals surface area contributed by atoms with Crippen molar-refractivity contribution in [3.8, 4) is 0 Å². The summed E-state index contributed by atoms with van der Waals surface area (Å²) in [5.74, 6) is -2.59. The van der Waals surface area contributed by atoms with Gasteiger partial charge in [-0.2, -0.15) is 0 Å². The number of halogens is 2. The summed E-state index contributed by atoms with van der Waals surface area (Å²) in [5.41, 5.74) is 2.18. The predicted molar refractivity (Wildman–Crippen MR) is 93.2 cm³/mol. The fraction of sp³-hybridized carbons (Fsp3) is 0.143. The molecule has 0 amide bonds. The zero-order chi connectivity index (χ0) is 18.3. The minimum absolute atomic E-state index is 0.116. The summed E-state index contributed by atoms with van der Waals surface area (Å²) in [6.07, 6.45) is 3.21. The van der Waals surface area contributed by atoms with E-state index in [4.69, 9.17) is 0 Å². The minimum atomic E-state index is -1.27. The molecule has 0 aliphatic heterocycles. The first kappa shape index (κ1) is 16.4. The molecule has 0 saturated heterocycles. The number of fused-ring (bicyclic) bond motifs is 2. The van der Waals surface area contributed by atoms with Crippen molar-refractivity contribution in [1.82, 2.24) is 4.98 Å². The first-order chi connectivity index (χ1) is 12.6. The lowest BCUT2D eigenvalue weighted by atomic mass is 9.86. The van der Waals surface area contributed by atoms with Crippen molar-refractivity contribution in [1.29, 1.82) is 0 Å². The Morgan fingerprint density at radius 2 is 1.77 bits per heavy atom. The lowest BCUT2D eigenvalue weighted by Crippen LogP contribution is -2.26. The van der Waals surface area contributed by atoms with Crippen LogP contribution in [0.1, 0.15) is 40.0 Å². The molecule has 1 aliphatic carbocycles. The Balaban J connectivity index is 2.00. The number of carbonyl (C=O) groups is 1. The number of carbonyl (C=O) groups excluding carboxylic acids is 1. The first-order valence-corrected chi connectivity index (χ1v) is 8.34. The average Bonchev–Trinajstić information content (AvgIpc) is 2.62. The van der Waals surface area contributed by atoms with Gasteiger partial charge in [-0.1, -0.05) is 24.3 Å². The van der Waals surface area contributed by atoms with E-state index in [1.807, 2.05) is 0 Å². The van der Waals surface area contributed by atoms with Crippen LogP contribution >= 0.6 is 0 Å². The van der Waals surface area contributed by atoms with Gasteiger partial charge in [0.1, 0.15) is 11.6 Å². The second-order valence-electron chi connectivity index (χ2n) is 6.28. The highest BCUT2D eigenvalue weighted by molar-refractivity contribution is 6.05. The van der Waals surface area contributed by atoms with Crippen LogP contribution in [0.2, 0.25) is 0 Å². The van der Waals surface area contributed by atoms with Gasteiger partial charge in [0.15, 0.2) is 0 Å². The number of rotatable bonds is 2. The number of aromatic carboxylic acids is 1. The van der Waals surface area contributed by atoms with Crippen molar-refractivity contribution in [2.45, 2.75) is 19.3 Å². The smallest absolute Gasteiger partial charge is 0.133 e. The monoisotopic (exact) mass is 350 g/mol. The molecule has 0 atom stereocenters. The molecule has 0 spiro atoms. The number of aromatic nitrogens is 1. The molecule has 2 aromatic carbocycles. The third kappa shape index (κ3) is 2.65. The summed E-state index contributed by atoms with van der Waals surface area (Å²) in [6.45, 7) is 0. The highest BCUT2D eigenvalue weighted by atomic mass is 19.1. The zero-order valence-corrected chi connectivity index (χ0v) is 13.8. The molecular weight excluding hydrogens is 336 g/mol. The molecule has 1 aromatic heterocycles. The van der Waals surface area contributed by atoms with Gasteiger partial charge in [-0.15, -0.1) is 0 Å². The molecule has 3 aromatic rings. The molecule has 0 radical (unpaired) electrons. The van der Waals surface area contributed by atoms with E-state index in [0.29, 0.717) is 47.0 Å². The Kier molecular flexibility index (Phi) is 3.99. The van der Waals surface area contributed by atoms with E-state index in [0.717, 1.165) is 0 Å². The van der Waals surface area contributed by atoms with Crippen LogP contribution in [0.3, 0.4) is 0 Å². The second-order valence-corrected chi connectivity index (χ2v) is 6.28. The Morgan fingerprint density at radius 3 is 2.50 bits per heavy atom. The quantitative estimate of drug-likeness (QED) is 0.707. The largest absolute Gasteiger partial charge is 0.545 e. The maximum Gasteiger partial charge on any atom is 0.133 e. The first-order valence-electron chi connectivity index (χ1n) is 8.34. The summed E-state index contributed by atoms with van der Waals surface area (Å²) >= 11 is 0. The van der Waals surface area contributed by atoms with E-state index < -0.39 is 17.6 Å². The molecule has 26 heavy (non-hydrogen) atoms. The Labute approximate surface area is 148 Å². The number of hydrogen-bond acceptors (Lipinski definition) is 3. The van der Waals surface area contributed by atoms with Crippen LogP contribution in [0, 0.1) is 11.6 Å². The Morgan fingerprint density at radius 1 is 1.04 bits per heavy atom. The molecule has 130 valence electrons. The fourth-order valence-electron chi connectivity index (χ4n) is 3.53. The van der Waals surface area contributed by atoms with Gasteiger partial charge >= 0.3 is 0 Å².